The molecule has 0 spiro atoms. The van der Waals surface area contributed by atoms with Gasteiger partial charge in [-0.2, -0.15) is 4.98 Å². The SMILES string of the molecule is COc1ccccc1Cc1noc(Cl)n1. The summed E-state index contributed by atoms with van der Waals surface area (Å²) < 4.78 is 9.88. The standard InChI is InChI=1S/C10H9ClN2O2/c1-14-8-5-3-2-4-7(8)6-9-12-10(11)15-13-9/h2-5H,6H2,1H3. The molecule has 1 heterocycles. The van der Waals surface area contributed by atoms with E-state index >= 15 is 0 Å². The minimum Gasteiger partial charge on any atom is -0.496 e. The van der Waals surface area contributed by atoms with Crippen LogP contribution in [-0.4, -0.2) is 17.3 Å². The molecule has 5 heteroatoms. The number of aromatic nitrogens is 2. The van der Waals surface area contributed by atoms with Gasteiger partial charge in [-0.3, -0.25) is 0 Å². The number of para-hydroxylation sites is 1. The fourth-order valence-electron chi connectivity index (χ4n) is 1.32. The fourth-order valence-corrected chi connectivity index (χ4v) is 1.46. The van der Waals surface area contributed by atoms with Crippen LogP contribution in [-0.2, 0) is 6.42 Å². The number of methoxy groups -OCH3 is 1. The molecule has 0 radical (unpaired) electrons. The molecule has 1 aromatic carbocycles. The highest BCUT2D eigenvalue weighted by Crippen LogP contribution is 2.20. The Morgan fingerprint density at radius 1 is 1.40 bits per heavy atom. The van der Waals surface area contributed by atoms with Crippen LogP contribution in [0.2, 0.25) is 5.35 Å². The highest BCUT2D eigenvalue weighted by atomic mass is 35.5. The molecule has 0 atom stereocenters. The van der Waals surface area contributed by atoms with Crippen LogP contribution in [0.15, 0.2) is 28.8 Å². The number of halogens is 1. The lowest BCUT2D eigenvalue weighted by Gasteiger charge is -2.04. The van der Waals surface area contributed by atoms with Gasteiger partial charge in [0.05, 0.1) is 7.11 Å². The maximum absolute atomic E-state index is 5.53. The second kappa shape index (κ2) is 4.31. The lowest BCUT2D eigenvalue weighted by atomic mass is 10.1. The zero-order valence-corrected chi connectivity index (χ0v) is 8.86. The van der Waals surface area contributed by atoms with Crippen molar-refractivity contribution in [3.63, 3.8) is 0 Å². The molecule has 2 rings (SSSR count). The third-order valence-corrected chi connectivity index (χ3v) is 2.14. The van der Waals surface area contributed by atoms with E-state index in [2.05, 4.69) is 14.7 Å². The Kier molecular flexibility index (Phi) is 2.87. The Labute approximate surface area is 91.8 Å². The topological polar surface area (TPSA) is 48.2 Å². The van der Waals surface area contributed by atoms with E-state index in [9.17, 15) is 0 Å². The predicted molar refractivity (Wildman–Crippen MR) is 55.1 cm³/mol. The summed E-state index contributed by atoms with van der Waals surface area (Å²) in [7, 11) is 1.63. The van der Waals surface area contributed by atoms with Crippen LogP contribution >= 0.6 is 11.6 Å². The van der Waals surface area contributed by atoms with E-state index in [-0.39, 0.29) is 5.35 Å². The number of hydrogen-bond acceptors (Lipinski definition) is 4. The molecule has 2 aromatic rings. The van der Waals surface area contributed by atoms with Crippen molar-refractivity contribution >= 4 is 11.6 Å². The third kappa shape index (κ3) is 2.27. The lowest BCUT2D eigenvalue weighted by Crippen LogP contribution is -1.94. The average molecular weight is 225 g/mol. The van der Waals surface area contributed by atoms with Crippen molar-refractivity contribution < 1.29 is 9.26 Å². The molecule has 0 unspecified atom stereocenters. The minimum absolute atomic E-state index is 0.0555. The predicted octanol–water partition coefficient (Wildman–Crippen LogP) is 2.32. The summed E-state index contributed by atoms with van der Waals surface area (Å²) in [6, 6.07) is 7.67. The number of nitrogens with zero attached hydrogens (tertiary/aromatic N) is 2. The van der Waals surface area contributed by atoms with Crippen molar-refractivity contribution in [2.75, 3.05) is 7.11 Å². The maximum atomic E-state index is 5.53. The fraction of sp³-hybridized carbons (Fsp3) is 0.200. The van der Waals surface area contributed by atoms with E-state index in [4.69, 9.17) is 16.3 Å². The van der Waals surface area contributed by atoms with Crippen molar-refractivity contribution in [3.05, 3.63) is 41.0 Å². The molecule has 78 valence electrons. The van der Waals surface area contributed by atoms with Gasteiger partial charge in [0.2, 0.25) is 0 Å². The zero-order chi connectivity index (χ0) is 10.7. The monoisotopic (exact) mass is 224 g/mol. The second-order valence-electron chi connectivity index (χ2n) is 2.95. The van der Waals surface area contributed by atoms with Gasteiger partial charge in [-0.15, -0.1) is 0 Å². The van der Waals surface area contributed by atoms with Gasteiger partial charge in [0.1, 0.15) is 5.75 Å². The number of ether oxygens (including phenoxy) is 1. The summed E-state index contributed by atoms with van der Waals surface area (Å²) in [5.74, 6) is 1.35. The molecule has 0 bridgehead atoms. The number of benzene rings is 1. The Hall–Kier alpha value is -1.55. The quantitative estimate of drug-likeness (QED) is 0.803. The summed E-state index contributed by atoms with van der Waals surface area (Å²) in [6.07, 6.45) is 0.542. The first-order chi connectivity index (χ1) is 7.29. The van der Waals surface area contributed by atoms with E-state index in [0.29, 0.717) is 12.2 Å². The van der Waals surface area contributed by atoms with E-state index in [0.717, 1.165) is 11.3 Å². The molecular formula is C10H9ClN2O2. The summed E-state index contributed by atoms with van der Waals surface area (Å²) >= 11 is 5.53. The Morgan fingerprint density at radius 2 is 2.20 bits per heavy atom. The largest absolute Gasteiger partial charge is 0.496 e. The van der Waals surface area contributed by atoms with Crippen LogP contribution in [0.3, 0.4) is 0 Å². The van der Waals surface area contributed by atoms with Crippen LogP contribution in [0.5, 0.6) is 5.75 Å². The second-order valence-corrected chi connectivity index (χ2v) is 3.28. The molecule has 0 saturated carbocycles. The maximum Gasteiger partial charge on any atom is 0.320 e. The summed E-state index contributed by atoms with van der Waals surface area (Å²) in [4.78, 5) is 3.91. The molecule has 0 N–H and O–H groups in total. The first-order valence-corrected chi connectivity index (χ1v) is 4.77. The minimum atomic E-state index is 0.0555. The molecule has 15 heavy (non-hydrogen) atoms. The first kappa shape index (κ1) is 9.98. The van der Waals surface area contributed by atoms with Crippen molar-refractivity contribution in [3.8, 4) is 5.75 Å². The molecule has 0 aliphatic heterocycles. The first-order valence-electron chi connectivity index (χ1n) is 4.39. The third-order valence-electron chi connectivity index (χ3n) is 1.98. The van der Waals surface area contributed by atoms with Crippen LogP contribution in [0, 0.1) is 0 Å². The van der Waals surface area contributed by atoms with Crippen LogP contribution in [0.4, 0.5) is 0 Å². The van der Waals surface area contributed by atoms with E-state index in [1.54, 1.807) is 7.11 Å². The molecule has 4 nitrogen and oxygen atoms in total. The van der Waals surface area contributed by atoms with E-state index in [1.165, 1.54) is 0 Å². The van der Waals surface area contributed by atoms with Crippen LogP contribution in [0.25, 0.3) is 0 Å². The molecule has 0 saturated heterocycles. The Bertz CT molecular complexity index is 456. The summed E-state index contributed by atoms with van der Waals surface area (Å²) in [5.41, 5.74) is 0.998. The molecule has 1 aromatic heterocycles. The summed E-state index contributed by atoms with van der Waals surface area (Å²) in [5, 5.41) is 3.77. The van der Waals surface area contributed by atoms with Crippen molar-refractivity contribution in [2.45, 2.75) is 6.42 Å². The highest BCUT2D eigenvalue weighted by molar-refractivity contribution is 6.27. The Balaban J connectivity index is 2.23. The molecule has 0 amide bonds. The van der Waals surface area contributed by atoms with Gasteiger partial charge >= 0.3 is 5.35 Å². The molecule has 0 aliphatic carbocycles. The van der Waals surface area contributed by atoms with Gasteiger partial charge in [0, 0.05) is 12.0 Å². The Morgan fingerprint density at radius 3 is 2.87 bits per heavy atom. The van der Waals surface area contributed by atoms with Crippen molar-refractivity contribution in [1.29, 1.82) is 0 Å². The van der Waals surface area contributed by atoms with Gasteiger partial charge in [-0.25, -0.2) is 0 Å². The number of rotatable bonds is 3. The smallest absolute Gasteiger partial charge is 0.320 e. The van der Waals surface area contributed by atoms with Gasteiger partial charge < -0.3 is 9.26 Å². The van der Waals surface area contributed by atoms with Gasteiger partial charge in [-0.05, 0) is 17.7 Å². The van der Waals surface area contributed by atoms with Crippen LogP contribution < -0.4 is 4.74 Å². The van der Waals surface area contributed by atoms with Crippen molar-refractivity contribution in [1.82, 2.24) is 10.1 Å². The van der Waals surface area contributed by atoms with Gasteiger partial charge in [-0.1, -0.05) is 23.4 Å². The summed E-state index contributed by atoms with van der Waals surface area (Å²) in [6.45, 7) is 0. The number of hydrogen-bond donors (Lipinski definition) is 0. The molecule has 0 fully saturated rings. The van der Waals surface area contributed by atoms with Crippen LogP contribution in [0.1, 0.15) is 11.4 Å². The van der Waals surface area contributed by atoms with Gasteiger partial charge in [0.15, 0.2) is 5.82 Å². The molecule has 0 aliphatic rings. The average Bonchev–Trinajstić information content (AvgIpc) is 2.65. The van der Waals surface area contributed by atoms with Crippen molar-refractivity contribution in [2.24, 2.45) is 0 Å². The lowest BCUT2D eigenvalue weighted by molar-refractivity contribution is 0.405. The van der Waals surface area contributed by atoms with Gasteiger partial charge in [0.25, 0.3) is 0 Å². The van der Waals surface area contributed by atoms with E-state index in [1.807, 2.05) is 24.3 Å². The molecular weight excluding hydrogens is 216 g/mol. The van der Waals surface area contributed by atoms with E-state index < -0.39 is 0 Å². The highest BCUT2D eigenvalue weighted by Gasteiger charge is 2.08. The normalized spacial score (nSPS) is 10.3. The zero-order valence-electron chi connectivity index (χ0n) is 8.11.